The molecule has 0 spiro atoms. The highest BCUT2D eigenvalue weighted by Crippen LogP contribution is 2.19. The number of piperazine rings is 1. The van der Waals surface area contributed by atoms with Crippen LogP contribution in [-0.2, 0) is 9.53 Å². The maximum absolute atomic E-state index is 12.1. The van der Waals surface area contributed by atoms with Crippen LogP contribution in [0.1, 0.15) is 33.6 Å². The van der Waals surface area contributed by atoms with Crippen LogP contribution in [0.25, 0.3) is 0 Å². The van der Waals surface area contributed by atoms with Gasteiger partial charge in [0.2, 0.25) is 0 Å². The molecule has 0 atom stereocenters. The van der Waals surface area contributed by atoms with E-state index in [-0.39, 0.29) is 6.09 Å². The number of nitrogens with zero attached hydrogens (tertiary/aromatic N) is 3. The summed E-state index contributed by atoms with van der Waals surface area (Å²) in [6.07, 6.45) is 3.13. The summed E-state index contributed by atoms with van der Waals surface area (Å²) in [5.41, 5.74) is -0.427. The molecule has 6 heteroatoms. The van der Waals surface area contributed by atoms with Crippen molar-refractivity contribution in [3.05, 3.63) is 0 Å². The first-order valence-electron chi connectivity index (χ1n) is 8.73. The average Bonchev–Trinajstić information content (AvgIpc) is 2.48. The van der Waals surface area contributed by atoms with Gasteiger partial charge in [0, 0.05) is 32.7 Å². The normalized spacial score (nSPS) is 22.1. The summed E-state index contributed by atoms with van der Waals surface area (Å²) < 4.78 is 5.43. The zero-order valence-electron chi connectivity index (χ0n) is 14.8. The van der Waals surface area contributed by atoms with Crippen LogP contribution in [0.4, 0.5) is 4.79 Å². The van der Waals surface area contributed by atoms with Crippen LogP contribution in [0, 0.1) is 5.92 Å². The molecule has 0 aromatic rings. The smallest absolute Gasteiger partial charge is 0.410 e. The third kappa shape index (κ3) is 6.11. The highest BCUT2D eigenvalue weighted by atomic mass is 16.6. The molecule has 0 bridgehead atoms. The molecule has 2 aliphatic rings. The van der Waals surface area contributed by atoms with Crippen LogP contribution in [0.2, 0.25) is 0 Å². The van der Waals surface area contributed by atoms with E-state index in [1.165, 1.54) is 12.8 Å². The number of hydrogen-bond donors (Lipinski definition) is 0. The molecular formula is C17H31N3O3. The monoisotopic (exact) mass is 325 g/mol. The van der Waals surface area contributed by atoms with Gasteiger partial charge in [0.15, 0.2) is 0 Å². The van der Waals surface area contributed by atoms with E-state index in [0.717, 1.165) is 52.1 Å². The molecule has 132 valence electrons. The van der Waals surface area contributed by atoms with Gasteiger partial charge in [-0.2, -0.15) is 0 Å². The van der Waals surface area contributed by atoms with Gasteiger partial charge < -0.3 is 14.4 Å². The second-order valence-electron chi connectivity index (χ2n) is 7.68. The van der Waals surface area contributed by atoms with Crippen LogP contribution < -0.4 is 0 Å². The first kappa shape index (κ1) is 18.2. The molecule has 0 saturated carbocycles. The van der Waals surface area contributed by atoms with Gasteiger partial charge in [0.1, 0.15) is 11.9 Å². The minimum Gasteiger partial charge on any atom is -0.444 e. The van der Waals surface area contributed by atoms with Crippen molar-refractivity contribution in [2.45, 2.75) is 39.2 Å². The summed E-state index contributed by atoms with van der Waals surface area (Å²) in [5, 5.41) is 0. The summed E-state index contributed by atoms with van der Waals surface area (Å²) in [7, 11) is 0. The average molecular weight is 325 g/mol. The molecule has 2 aliphatic heterocycles. The Labute approximate surface area is 139 Å². The summed E-state index contributed by atoms with van der Waals surface area (Å²) in [4.78, 5) is 29.1. The number of rotatable bonds is 4. The molecule has 23 heavy (non-hydrogen) atoms. The number of aldehydes is 1. The molecule has 0 unspecified atom stereocenters. The van der Waals surface area contributed by atoms with Gasteiger partial charge in [0.05, 0.1) is 6.54 Å². The number of ether oxygens (including phenoxy) is 1. The van der Waals surface area contributed by atoms with Gasteiger partial charge in [-0.15, -0.1) is 0 Å². The zero-order valence-corrected chi connectivity index (χ0v) is 14.8. The highest BCUT2D eigenvalue weighted by molar-refractivity contribution is 5.68. The molecule has 0 aliphatic carbocycles. The molecule has 0 N–H and O–H groups in total. The Kier molecular flexibility index (Phi) is 6.41. The molecule has 0 aromatic heterocycles. The third-order valence-corrected chi connectivity index (χ3v) is 4.58. The quantitative estimate of drug-likeness (QED) is 0.732. The van der Waals surface area contributed by atoms with Gasteiger partial charge in [-0.3, -0.25) is 9.80 Å². The third-order valence-electron chi connectivity index (χ3n) is 4.58. The summed E-state index contributed by atoms with van der Waals surface area (Å²) >= 11 is 0. The van der Waals surface area contributed by atoms with Gasteiger partial charge >= 0.3 is 6.09 Å². The molecule has 0 aromatic carbocycles. The van der Waals surface area contributed by atoms with E-state index in [2.05, 4.69) is 9.80 Å². The molecule has 2 saturated heterocycles. The summed E-state index contributed by atoms with van der Waals surface area (Å²) in [5.74, 6) is 0.714. The zero-order chi connectivity index (χ0) is 16.9. The van der Waals surface area contributed by atoms with E-state index in [1.54, 1.807) is 0 Å². The number of likely N-dealkylation sites (tertiary alicyclic amines) is 1. The van der Waals surface area contributed by atoms with E-state index < -0.39 is 5.60 Å². The fourth-order valence-corrected chi connectivity index (χ4v) is 3.26. The van der Waals surface area contributed by atoms with Gasteiger partial charge in [0.25, 0.3) is 0 Å². The lowest BCUT2D eigenvalue weighted by Crippen LogP contribution is -2.51. The van der Waals surface area contributed by atoms with Gasteiger partial charge in [-0.25, -0.2) is 4.79 Å². The Bertz CT molecular complexity index is 392. The van der Waals surface area contributed by atoms with E-state index in [4.69, 9.17) is 4.74 Å². The second-order valence-corrected chi connectivity index (χ2v) is 7.68. The maximum atomic E-state index is 12.1. The van der Waals surface area contributed by atoms with Crippen molar-refractivity contribution in [3.8, 4) is 0 Å². The number of carbonyl (C=O) groups excluding carboxylic acids is 2. The fraction of sp³-hybridized carbons (Fsp3) is 0.882. The van der Waals surface area contributed by atoms with Crippen molar-refractivity contribution in [2.24, 2.45) is 5.92 Å². The Morgan fingerprint density at radius 2 is 1.65 bits per heavy atom. The Balaban J connectivity index is 1.67. The predicted octanol–water partition coefficient (Wildman–Crippen LogP) is 1.45. The van der Waals surface area contributed by atoms with E-state index in [0.29, 0.717) is 12.5 Å². The molecule has 2 fully saturated rings. The van der Waals surface area contributed by atoms with Crippen molar-refractivity contribution in [1.29, 1.82) is 0 Å². The Morgan fingerprint density at radius 3 is 2.17 bits per heavy atom. The van der Waals surface area contributed by atoms with Crippen molar-refractivity contribution in [1.82, 2.24) is 14.7 Å². The van der Waals surface area contributed by atoms with Crippen molar-refractivity contribution < 1.29 is 14.3 Å². The first-order chi connectivity index (χ1) is 10.9. The molecule has 1 amide bonds. The summed E-state index contributed by atoms with van der Waals surface area (Å²) in [6, 6.07) is 0. The molecule has 2 heterocycles. The van der Waals surface area contributed by atoms with Gasteiger partial charge in [-0.05, 0) is 52.6 Å². The Hall–Kier alpha value is -1.14. The van der Waals surface area contributed by atoms with E-state index >= 15 is 0 Å². The molecule has 6 nitrogen and oxygen atoms in total. The maximum Gasteiger partial charge on any atom is 0.410 e. The number of amides is 1. The van der Waals surface area contributed by atoms with E-state index in [1.807, 2.05) is 25.7 Å². The lowest BCUT2D eigenvalue weighted by atomic mass is 9.96. The minimum atomic E-state index is -0.427. The van der Waals surface area contributed by atoms with E-state index in [9.17, 15) is 9.59 Å². The highest BCUT2D eigenvalue weighted by Gasteiger charge is 2.27. The lowest BCUT2D eigenvalue weighted by molar-refractivity contribution is -0.109. The SMILES string of the molecule is CC(C)(C)OC(=O)N1CCN(CC2CCN(CC=O)CC2)CC1. The van der Waals surface area contributed by atoms with Crippen molar-refractivity contribution in [2.75, 3.05) is 52.4 Å². The number of hydrogen-bond acceptors (Lipinski definition) is 5. The van der Waals surface area contributed by atoms with Crippen LogP contribution in [0.3, 0.4) is 0 Å². The molecule has 2 rings (SSSR count). The second kappa shape index (κ2) is 8.11. The number of piperidine rings is 1. The van der Waals surface area contributed by atoms with Crippen LogP contribution >= 0.6 is 0 Å². The van der Waals surface area contributed by atoms with Crippen LogP contribution in [-0.4, -0.2) is 85.0 Å². The Morgan fingerprint density at radius 1 is 1.04 bits per heavy atom. The van der Waals surface area contributed by atoms with Crippen LogP contribution in [0.5, 0.6) is 0 Å². The largest absolute Gasteiger partial charge is 0.444 e. The standard InChI is InChI=1S/C17H31N3O3/c1-17(2,3)23-16(22)20-10-8-19(9-11-20)14-15-4-6-18(7-5-15)12-13-21/h13,15H,4-12,14H2,1-3H3. The topological polar surface area (TPSA) is 53.1 Å². The number of carbonyl (C=O) groups is 2. The summed E-state index contributed by atoms with van der Waals surface area (Å²) in [6.45, 7) is 12.8. The van der Waals surface area contributed by atoms with Gasteiger partial charge in [-0.1, -0.05) is 0 Å². The van der Waals surface area contributed by atoms with Crippen molar-refractivity contribution >= 4 is 12.4 Å². The minimum absolute atomic E-state index is 0.195. The fourth-order valence-electron chi connectivity index (χ4n) is 3.26. The predicted molar refractivity (Wildman–Crippen MR) is 89.5 cm³/mol. The van der Waals surface area contributed by atoms with Crippen molar-refractivity contribution in [3.63, 3.8) is 0 Å². The first-order valence-corrected chi connectivity index (χ1v) is 8.73. The lowest BCUT2D eigenvalue weighted by Gasteiger charge is -2.38. The molecule has 0 radical (unpaired) electrons. The molecular weight excluding hydrogens is 294 g/mol. The van der Waals surface area contributed by atoms with Crippen LogP contribution in [0.15, 0.2) is 0 Å².